The lowest BCUT2D eigenvalue weighted by atomic mass is 9.72. The van der Waals surface area contributed by atoms with Crippen LogP contribution in [-0.2, 0) is 11.8 Å². The predicted molar refractivity (Wildman–Crippen MR) is 124 cm³/mol. The molecule has 0 aromatic heterocycles. The molecule has 0 aliphatic carbocycles. The fourth-order valence-electron chi connectivity index (χ4n) is 4.43. The van der Waals surface area contributed by atoms with Gasteiger partial charge in [0, 0.05) is 17.5 Å². The monoisotopic (exact) mass is 494 g/mol. The van der Waals surface area contributed by atoms with Crippen molar-refractivity contribution in [3.05, 3.63) is 83.4 Å². The van der Waals surface area contributed by atoms with Gasteiger partial charge in [-0.25, -0.2) is 8.78 Å². The zero-order valence-corrected chi connectivity index (χ0v) is 19.8. The van der Waals surface area contributed by atoms with Crippen LogP contribution in [0.4, 0.5) is 22.0 Å². The minimum Gasteiger partial charge on any atom is -0.496 e. The third kappa shape index (κ3) is 5.75. The number of hydrogen-bond donors (Lipinski definition) is 1. The number of benzene rings is 3. The average Bonchev–Trinajstić information content (AvgIpc) is 2.77. The van der Waals surface area contributed by atoms with Gasteiger partial charge in [0.1, 0.15) is 23.1 Å². The maximum atomic E-state index is 14.5. The van der Waals surface area contributed by atoms with Gasteiger partial charge in [-0.1, -0.05) is 38.1 Å². The van der Waals surface area contributed by atoms with Gasteiger partial charge in [-0.3, -0.25) is 0 Å². The van der Waals surface area contributed by atoms with Crippen molar-refractivity contribution < 1.29 is 36.5 Å². The van der Waals surface area contributed by atoms with Gasteiger partial charge in [-0.15, -0.1) is 0 Å². The molecule has 0 bridgehead atoms. The number of hydrogen-bond acceptors (Lipinski definition) is 3. The summed E-state index contributed by atoms with van der Waals surface area (Å²) in [7, 11) is 2.76. The largest absolute Gasteiger partial charge is 0.496 e. The van der Waals surface area contributed by atoms with E-state index in [2.05, 4.69) is 0 Å². The number of para-hydroxylation sites is 1. The second kappa shape index (κ2) is 9.85. The van der Waals surface area contributed by atoms with Gasteiger partial charge >= 0.3 is 6.18 Å². The molecule has 3 aromatic rings. The Bertz CT molecular complexity index is 1190. The molecule has 0 radical (unpaired) electrons. The molecule has 0 saturated carbocycles. The van der Waals surface area contributed by atoms with Crippen molar-refractivity contribution in [3.63, 3.8) is 0 Å². The Labute approximate surface area is 201 Å². The van der Waals surface area contributed by atoms with E-state index in [0.717, 1.165) is 18.2 Å². The van der Waals surface area contributed by atoms with Crippen LogP contribution in [0.1, 0.15) is 31.4 Å². The van der Waals surface area contributed by atoms with Crippen molar-refractivity contribution >= 4 is 0 Å². The van der Waals surface area contributed by atoms with E-state index >= 15 is 0 Å². The Hall–Kier alpha value is -3.13. The predicted octanol–water partition coefficient (Wildman–Crippen LogP) is 6.85. The van der Waals surface area contributed by atoms with Crippen LogP contribution in [0.3, 0.4) is 0 Å². The van der Waals surface area contributed by atoms with Gasteiger partial charge in [-0.05, 0) is 59.4 Å². The van der Waals surface area contributed by atoms with Crippen molar-refractivity contribution in [1.82, 2.24) is 0 Å². The minimum absolute atomic E-state index is 0.0484. The lowest BCUT2D eigenvalue weighted by Gasteiger charge is -2.38. The first kappa shape index (κ1) is 26.5. The summed E-state index contributed by atoms with van der Waals surface area (Å²) >= 11 is 0. The summed E-state index contributed by atoms with van der Waals surface area (Å²) in [5.41, 5.74) is -3.65. The maximum absolute atomic E-state index is 14.5. The molecule has 0 aliphatic heterocycles. The number of methoxy groups -OCH3 is 2. The fraction of sp³-hybridized carbons (Fsp3) is 0.333. The highest BCUT2D eigenvalue weighted by atomic mass is 19.4. The van der Waals surface area contributed by atoms with Crippen LogP contribution in [0.25, 0.3) is 11.1 Å². The molecule has 0 heterocycles. The van der Waals surface area contributed by atoms with E-state index in [0.29, 0.717) is 16.9 Å². The van der Waals surface area contributed by atoms with Gasteiger partial charge in [0.2, 0.25) is 0 Å². The van der Waals surface area contributed by atoms with Crippen molar-refractivity contribution in [1.29, 1.82) is 0 Å². The van der Waals surface area contributed by atoms with Gasteiger partial charge in [0.25, 0.3) is 0 Å². The summed E-state index contributed by atoms with van der Waals surface area (Å²) in [5.74, 6) is -0.769. The van der Waals surface area contributed by atoms with Gasteiger partial charge < -0.3 is 14.6 Å². The molecule has 0 amide bonds. The first-order valence-electron chi connectivity index (χ1n) is 10.9. The third-order valence-electron chi connectivity index (χ3n) is 6.02. The van der Waals surface area contributed by atoms with Crippen LogP contribution in [0.5, 0.6) is 11.5 Å². The molecule has 35 heavy (non-hydrogen) atoms. The molecule has 8 heteroatoms. The van der Waals surface area contributed by atoms with Crippen molar-refractivity contribution in [2.24, 2.45) is 0 Å². The zero-order chi connectivity index (χ0) is 26.0. The zero-order valence-electron chi connectivity index (χ0n) is 19.8. The molecule has 1 atom stereocenters. The fourth-order valence-corrected chi connectivity index (χ4v) is 4.43. The number of ether oxygens (including phenoxy) is 2. The van der Waals surface area contributed by atoms with Crippen LogP contribution in [0.2, 0.25) is 0 Å². The number of aliphatic hydroxyl groups is 1. The van der Waals surface area contributed by atoms with E-state index in [9.17, 15) is 27.1 Å². The number of halogens is 5. The molecule has 0 saturated heterocycles. The van der Waals surface area contributed by atoms with Crippen molar-refractivity contribution in [3.8, 4) is 22.6 Å². The lowest BCUT2D eigenvalue weighted by Crippen LogP contribution is -2.50. The molecular weight excluding hydrogens is 467 g/mol. The van der Waals surface area contributed by atoms with E-state index in [1.807, 2.05) is 0 Å². The molecule has 1 unspecified atom stereocenters. The first-order valence-corrected chi connectivity index (χ1v) is 10.9. The summed E-state index contributed by atoms with van der Waals surface area (Å²) in [6, 6.07) is 13.8. The normalized spacial score (nSPS) is 13.9. The Kier molecular flexibility index (Phi) is 7.45. The van der Waals surface area contributed by atoms with Gasteiger partial charge in [-0.2, -0.15) is 13.2 Å². The standard InChI is InChI=1S/C27H27F5O3/c1-25(2,22-14-19(28)9-10-24(22)35-4)16-26(33,27(30,31)32)15-17-11-18(13-20(29)12-17)21-7-5-6-8-23(21)34-3/h5-14,33H,15-16H2,1-4H3. The SMILES string of the molecule is COc1ccccc1-c1cc(F)cc(CC(O)(CC(C)(C)c2cc(F)ccc2OC)C(F)(F)F)c1. The third-order valence-corrected chi connectivity index (χ3v) is 6.02. The highest BCUT2D eigenvalue weighted by molar-refractivity contribution is 5.71. The van der Waals surface area contributed by atoms with E-state index in [-0.39, 0.29) is 16.9 Å². The van der Waals surface area contributed by atoms with Crippen LogP contribution < -0.4 is 9.47 Å². The van der Waals surface area contributed by atoms with E-state index in [4.69, 9.17) is 9.47 Å². The van der Waals surface area contributed by atoms with Crippen LogP contribution in [-0.4, -0.2) is 31.1 Å². The van der Waals surface area contributed by atoms with Crippen LogP contribution in [0, 0.1) is 11.6 Å². The maximum Gasteiger partial charge on any atom is 0.417 e. The van der Waals surface area contributed by atoms with E-state index in [1.165, 1.54) is 46.3 Å². The molecule has 1 N–H and O–H groups in total. The van der Waals surface area contributed by atoms with Crippen LogP contribution >= 0.6 is 0 Å². The minimum atomic E-state index is -5.05. The first-order chi connectivity index (χ1) is 16.3. The van der Waals surface area contributed by atoms with E-state index in [1.54, 1.807) is 24.3 Å². The summed E-state index contributed by atoms with van der Waals surface area (Å²) in [4.78, 5) is 0. The average molecular weight is 495 g/mol. The number of alkyl halides is 3. The van der Waals surface area contributed by atoms with E-state index < -0.39 is 41.7 Å². The molecule has 0 aliphatic rings. The van der Waals surface area contributed by atoms with Crippen molar-refractivity contribution in [2.45, 2.75) is 43.9 Å². The highest BCUT2D eigenvalue weighted by Gasteiger charge is 2.56. The second-order valence-electron chi connectivity index (χ2n) is 9.16. The molecule has 188 valence electrons. The second-order valence-corrected chi connectivity index (χ2v) is 9.16. The van der Waals surface area contributed by atoms with Gasteiger partial charge in [0.15, 0.2) is 5.60 Å². The van der Waals surface area contributed by atoms with Gasteiger partial charge in [0.05, 0.1) is 14.2 Å². The summed E-state index contributed by atoms with van der Waals surface area (Å²) in [6.45, 7) is 2.93. The Morgan fingerprint density at radius 2 is 1.46 bits per heavy atom. The molecule has 3 nitrogen and oxygen atoms in total. The summed E-state index contributed by atoms with van der Waals surface area (Å²) < 4.78 is 81.8. The topological polar surface area (TPSA) is 38.7 Å². The molecule has 3 aromatic carbocycles. The lowest BCUT2D eigenvalue weighted by molar-refractivity contribution is -0.266. The smallest absolute Gasteiger partial charge is 0.417 e. The molecule has 0 fully saturated rings. The molecule has 0 spiro atoms. The number of rotatable bonds is 8. The molecule has 3 rings (SSSR count). The Balaban J connectivity index is 2.04. The Morgan fingerprint density at radius 1 is 0.800 bits per heavy atom. The summed E-state index contributed by atoms with van der Waals surface area (Å²) in [5, 5.41) is 11.0. The highest BCUT2D eigenvalue weighted by Crippen LogP contribution is 2.45. The quantitative estimate of drug-likeness (QED) is 0.348. The molecular formula is C27H27F5O3. The summed E-state index contributed by atoms with van der Waals surface area (Å²) in [6.07, 6.45) is -6.77. The van der Waals surface area contributed by atoms with Crippen LogP contribution in [0.15, 0.2) is 60.7 Å². The Morgan fingerprint density at radius 3 is 2.09 bits per heavy atom. The van der Waals surface area contributed by atoms with Crippen molar-refractivity contribution in [2.75, 3.05) is 14.2 Å².